The van der Waals surface area contributed by atoms with E-state index >= 15 is 0 Å². The highest BCUT2D eigenvalue weighted by Crippen LogP contribution is 2.42. The van der Waals surface area contributed by atoms with Crippen molar-refractivity contribution in [1.82, 2.24) is 15.1 Å². The topological polar surface area (TPSA) is 272 Å². The second-order valence-electron chi connectivity index (χ2n) is 21.4. The number of aliphatic hydroxyl groups is 5. The number of alkyl carbamates (subject to hydrolysis) is 1. The molecule has 23 atom stereocenters. The van der Waals surface area contributed by atoms with Gasteiger partial charge >= 0.3 is 18.2 Å². The molecule has 406 valence electrons. The van der Waals surface area contributed by atoms with Gasteiger partial charge in [0.15, 0.2) is 36.7 Å². The fourth-order valence-corrected chi connectivity index (χ4v) is 11.2. The summed E-state index contributed by atoms with van der Waals surface area (Å²) in [5, 5.41) is 57.5. The molecule has 0 spiro atoms. The minimum Gasteiger partial charge on any atom is -0.458 e. The lowest BCUT2D eigenvalue weighted by Crippen LogP contribution is -2.61. The molecular formula is C48H85N3O19. The molecule has 22 nitrogen and oxygen atoms in total. The molecule has 6 N–H and O–H groups in total. The van der Waals surface area contributed by atoms with Crippen molar-refractivity contribution in [3.8, 4) is 0 Å². The average Bonchev–Trinajstić information content (AvgIpc) is 3.60. The molecule has 70 heavy (non-hydrogen) atoms. The number of hydrogen-bond donors (Lipinski definition) is 6. The largest absolute Gasteiger partial charge is 0.509 e. The van der Waals surface area contributed by atoms with Crippen molar-refractivity contribution in [2.24, 2.45) is 17.8 Å². The fourth-order valence-electron chi connectivity index (χ4n) is 11.2. The monoisotopic (exact) mass is 1010 g/mol. The summed E-state index contributed by atoms with van der Waals surface area (Å²) in [6.45, 7) is 19.6. The first-order valence-electron chi connectivity index (χ1n) is 24.9. The number of methoxy groups -OCH3 is 1. The van der Waals surface area contributed by atoms with E-state index in [1.54, 1.807) is 41.5 Å². The molecule has 5 saturated heterocycles. The number of carbonyl (C=O) groups excluding carboxylic acids is 3. The molecule has 0 aromatic heterocycles. The van der Waals surface area contributed by atoms with E-state index in [9.17, 15) is 39.9 Å². The van der Waals surface area contributed by atoms with E-state index in [2.05, 4.69) is 5.32 Å². The molecule has 1 amide bonds. The number of ether oxygens (including phenoxy) is 11. The van der Waals surface area contributed by atoms with Crippen molar-refractivity contribution >= 4 is 18.2 Å². The van der Waals surface area contributed by atoms with Gasteiger partial charge in [0.2, 0.25) is 0 Å². The second-order valence-corrected chi connectivity index (χ2v) is 21.4. The van der Waals surface area contributed by atoms with E-state index in [4.69, 9.17) is 52.1 Å². The van der Waals surface area contributed by atoms with Crippen LogP contribution in [-0.2, 0) is 56.9 Å². The number of hydrogen-bond acceptors (Lipinski definition) is 21. The van der Waals surface area contributed by atoms with Gasteiger partial charge in [-0.2, -0.15) is 0 Å². The molecule has 0 aromatic carbocycles. The molecule has 0 aromatic rings. The van der Waals surface area contributed by atoms with Gasteiger partial charge in [0.05, 0.1) is 48.6 Å². The highest BCUT2D eigenvalue weighted by atomic mass is 16.8. The maximum absolute atomic E-state index is 14.7. The number of amides is 1. The Morgan fingerprint density at radius 3 is 2.16 bits per heavy atom. The van der Waals surface area contributed by atoms with Crippen LogP contribution < -0.4 is 5.32 Å². The number of aliphatic hydroxyl groups excluding tert-OH is 4. The van der Waals surface area contributed by atoms with Crippen LogP contribution in [0.15, 0.2) is 0 Å². The molecule has 0 aliphatic carbocycles. The van der Waals surface area contributed by atoms with Gasteiger partial charge in [0.1, 0.15) is 36.1 Å². The third-order valence-electron chi connectivity index (χ3n) is 15.3. The minimum atomic E-state index is -1.64. The van der Waals surface area contributed by atoms with Gasteiger partial charge in [-0.05, 0) is 102 Å². The van der Waals surface area contributed by atoms with Crippen LogP contribution in [0.5, 0.6) is 0 Å². The maximum Gasteiger partial charge on any atom is 0.509 e. The lowest BCUT2D eigenvalue weighted by Gasteiger charge is -2.49. The molecular weight excluding hydrogens is 923 g/mol. The number of nitrogens with one attached hydrogen (secondary N) is 1. The van der Waals surface area contributed by atoms with Gasteiger partial charge < -0.3 is 87.9 Å². The van der Waals surface area contributed by atoms with E-state index in [1.165, 1.54) is 14.0 Å². The highest BCUT2D eigenvalue weighted by molar-refractivity contribution is 5.73. The van der Waals surface area contributed by atoms with E-state index in [0.717, 1.165) is 0 Å². The number of fused-ring (bicyclic) bond motifs is 1. The summed E-state index contributed by atoms with van der Waals surface area (Å²) in [5.41, 5.74) is -4.24. The Bertz CT molecular complexity index is 1730. The van der Waals surface area contributed by atoms with Crippen LogP contribution >= 0.6 is 0 Å². The Hall–Kier alpha value is -2.55. The molecule has 5 rings (SSSR count). The summed E-state index contributed by atoms with van der Waals surface area (Å²) in [5.74, 6) is -2.82. The first-order chi connectivity index (χ1) is 32.6. The van der Waals surface area contributed by atoms with Gasteiger partial charge in [-0.15, -0.1) is 0 Å². The van der Waals surface area contributed by atoms with Crippen LogP contribution in [-0.4, -0.2) is 223 Å². The predicted molar refractivity (Wildman–Crippen MR) is 248 cm³/mol. The van der Waals surface area contributed by atoms with Gasteiger partial charge in [-0.25, -0.2) is 9.59 Å². The van der Waals surface area contributed by atoms with Crippen molar-refractivity contribution in [3.63, 3.8) is 0 Å². The summed E-state index contributed by atoms with van der Waals surface area (Å²) in [7, 11) is 7.09. The van der Waals surface area contributed by atoms with E-state index < -0.39 is 139 Å². The Balaban J connectivity index is 1.44. The fraction of sp³-hybridized carbons (Fsp3) is 0.938. The first-order valence-corrected chi connectivity index (χ1v) is 24.9. The van der Waals surface area contributed by atoms with Gasteiger partial charge in [-0.3, -0.25) is 9.69 Å². The third-order valence-corrected chi connectivity index (χ3v) is 15.3. The number of carbonyl (C=O) groups is 3. The minimum absolute atomic E-state index is 0.0105. The summed E-state index contributed by atoms with van der Waals surface area (Å²) < 4.78 is 67.4. The van der Waals surface area contributed by atoms with Gasteiger partial charge in [-0.1, -0.05) is 20.8 Å². The summed E-state index contributed by atoms with van der Waals surface area (Å²) in [6, 6.07) is -0.735. The zero-order valence-electron chi connectivity index (χ0n) is 43.8. The Morgan fingerprint density at radius 1 is 0.857 bits per heavy atom. The smallest absolute Gasteiger partial charge is 0.458 e. The van der Waals surface area contributed by atoms with E-state index in [0.29, 0.717) is 13.0 Å². The van der Waals surface area contributed by atoms with Crippen LogP contribution in [0.25, 0.3) is 0 Å². The van der Waals surface area contributed by atoms with Crippen molar-refractivity contribution in [2.75, 3.05) is 47.9 Å². The Labute approximate surface area is 413 Å². The van der Waals surface area contributed by atoms with Crippen molar-refractivity contribution in [3.05, 3.63) is 0 Å². The quantitative estimate of drug-likeness (QED) is 0.0922. The van der Waals surface area contributed by atoms with Gasteiger partial charge in [0, 0.05) is 44.6 Å². The van der Waals surface area contributed by atoms with E-state index in [1.807, 2.05) is 58.6 Å². The number of rotatable bonds is 12. The molecule has 22 heteroatoms. The molecule has 0 bridgehead atoms. The summed E-state index contributed by atoms with van der Waals surface area (Å²) >= 11 is 0. The molecule has 5 heterocycles. The van der Waals surface area contributed by atoms with Crippen LogP contribution in [0.3, 0.4) is 0 Å². The third kappa shape index (κ3) is 13.0. The first kappa shape index (κ1) is 58.3. The van der Waals surface area contributed by atoms with Crippen LogP contribution in [0, 0.1) is 17.8 Å². The Kier molecular flexibility index (Phi) is 19.8. The highest BCUT2D eigenvalue weighted by Gasteiger charge is 2.59. The SMILES string of the molecule is CC[C@H]1OC(=O)[C@H](C)[C@@H](O[C@H]2C[C@@](C)(OC)[C@@H](OC(=O)NCCO[C@@H]3O[C@@H](C)[C@H](O)[C@@H](O)[C@H]3O)[C@H](C)O2)[C@H](C)[C@@H](O[C@@H]2O[C@H](C)C[C@H](N(C)C)[C@H]2O)[C@](C)(O)C[C@@H](C)CN(C)[C@H](C)[C@H]2OC(=O)O[C@@]21C. The lowest BCUT2D eigenvalue weighted by molar-refractivity contribution is -0.317. The van der Waals surface area contributed by atoms with E-state index in [-0.39, 0.29) is 50.5 Å². The number of esters is 1. The Morgan fingerprint density at radius 2 is 1.53 bits per heavy atom. The summed E-state index contributed by atoms with van der Waals surface area (Å²) in [4.78, 5) is 44.8. The lowest BCUT2D eigenvalue weighted by atomic mass is 9.77. The van der Waals surface area contributed by atoms with Gasteiger partial charge in [0.25, 0.3) is 0 Å². The second kappa shape index (κ2) is 23.8. The number of likely N-dealkylation sites (N-methyl/N-ethyl adjacent to an activating group) is 2. The molecule has 0 radical (unpaired) electrons. The average molecular weight is 1010 g/mol. The van der Waals surface area contributed by atoms with Crippen LogP contribution in [0.1, 0.15) is 102 Å². The zero-order valence-corrected chi connectivity index (χ0v) is 43.8. The van der Waals surface area contributed by atoms with Crippen molar-refractivity contribution < 1.29 is 92.0 Å². The molecule has 5 aliphatic rings. The number of nitrogens with zero attached hydrogens (tertiary/aromatic N) is 2. The van der Waals surface area contributed by atoms with Crippen LogP contribution in [0.4, 0.5) is 9.59 Å². The molecule has 5 aliphatic heterocycles. The zero-order chi connectivity index (χ0) is 52.4. The maximum atomic E-state index is 14.7. The summed E-state index contributed by atoms with van der Waals surface area (Å²) in [6.07, 6.45) is -16.6. The van der Waals surface area contributed by atoms with Crippen LogP contribution in [0.2, 0.25) is 0 Å². The predicted octanol–water partition coefficient (Wildman–Crippen LogP) is 1.66. The van der Waals surface area contributed by atoms with Crippen molar-refractivity contribution in [1.29, 1.82) is 0 Å². The number of cyclic esters (lactones) is 1. The van der Waals surface area contributed by atoms with Crippen molar-refractivity contribution in [2.45, 2.75) is 223 Å². The molecule has 5 fully saturated rings. The molecule has 0 saturated carbocycles. The standard InChI is InChI=1S/C48H85N3O19/c1-16-31-48(11)39(69-45(58)70-48)27(6)51(14)22-23(2)20-46(9,59)38(67-43-34(53)30(50(12)13)19-24(3)62-43)25(4)37(26(5)41(56)65-31)66-32-21-47(10,60-15)40(29(8)63-32)68-44(57)49-17-18-61-42-36(55)35(54)33(52)28(7)64-42/h23-40,42-43,52-55,59H,16-22H2,1-15H3,(H,49,57)/t23-,24-,25+,26-,27-,28+,29+,30+,31-,32+,33+,34-,35-,36-,37+,38-,39-,40+,42-,43+,46-,47-,48-/m1/s1. The molecule has 0 unspecified atom stereocenters. The normalized spacial score (nSPS) is 47.0.